The quantitative estimate of drug-likeness (QED) is 0.631. The molecule has 0 radical (unpaired) electrons. The fourth-order valence-corrected chi connectivity index (χ4v) is 1.33. The number of carbonyl (C=O) groups is 1. The molecule has 1 aromatic rings. The maximum absolute atomic E-state index is 10.4. The van der Waals surface area contributed by atoms with Crippen LogP contribution in [0, 0.1) is 0 Å². The SMILES string of the molecule is CC(=CC(=O)O)c1ccc(O[PH+]=O)cc1. The van der Waals surface area contributed by atoms with Gasteiger partial charge in [0.05, 0.1) is 0 Å². The van der Waals surface area contributed by atoms with Crippen molar-refractivity contribution in [2.45, 2.75) is 6.92 Å². The average Bonchev–Trinajstić information content (AvgIpc) is 2.18. The lowest BCUT2D eigenvalue weighted by Gasteiger charge is -1.99. The number of hydrogen-bond acceptors (Lipinski definition) is 3. The molecular weight excluding hydrogens is 215 g/mol. The van der Waals surface area contributed by atoms with Gasteiger partial charge in [-0.15, -0.1) is 0 Å². The Labute approximate surface area is 88.5 Å². The van der Waals surface area contributed by atoms with Crippen LogP contribution in [-0.2, 0) is 9.36 Å². The van der Waals surface area contributed by atoms with Crippen molar-refractivity contribution in [1.82, 2.24) is 0 Å². The lowest BCUT2D eigenvalue weighted by atomic mass is 10.1. The molecule has 1 rings (SSSR count). The molecule has 4 nitrogen and oxygen atoms in total. The largest absolute Gasteiger partial charge is 0.542 e. The Morgan fingerprint density at radius 3 is 2.47 bits per heavy atom. The maximum atomic E-state index is 10.4. The van der Waals surface area contributed by atoms with Crippen LogP contribution in [0.4, 0.5) is 0 Å². The third-order valence-electron chi connectivity index (χ3n) is 1.81. The average molecular weight is 225 g/mol. The first kappa shape index (κ1) is 11.4. The zero-order chi connectivity index (χ0) is 11.3. The van der Waals surface area contributed by atoms with Crippen molar-refractivity contribution in [2.75, 3.05) is 0 Å². The van der Waals surface area contributed by atoms with Crippen LogP contribution in [0.3, 0.4) is 0 Å². The maximum Gasteiger partial charge on any atom is 0.542 e. The molecule has 1 N–H and O–H groups in total. The van der Waals surface area contributed by atoms with Crippen molar-refractivity contribution < 1.29 is 19.0 Å². The van der Waals surface area contributed by atoms with Crippen LogP contribution in [0.25, 0.3) is 5.57 Å². The minimum Gasteiger partial charge on any atom is -0.478 e. The third-order valence-corrected chi connectivity index (χ3v) is 2.13. The number of allylic oxidation sites excluding steroid dienone is 1. The monoisotopic (exact) mass is 225 g/mol. The minimum absolute atomic E-state index is 0.496. The molecule has 0 aliphatic heterocycles. The van der Waals surface area contributed by atoms with Crippen LogP contribution in [0.1, 0.15) is 12.5 Å². The van der Waals surface area contributed by atoms with Crippen molar-refractivity contribution in [3.8, 4) is 5.75 Å². The highest BCUT2D eigenvalue weighted by atomic mass is 31.1. The van der Waals surface area contributed by atoms with E-state index in [0.29, 0.717) is 11.3 Å². The molecule has 1 atom stereocenters. The molecule has 78 valence electrons. The Morgan fingerprint density at radius 2 is 2.00 bits per heavy atom. The van der Waals surface area contributed by atoms with E-state index >= 15 is 0 Å². The first-order valence-corrected chi connectivity index (χ1v) is 5.01. The van der Waals surface area contributed by atoms with Gasteiger partial charge in [0.2, 0.25) is 0 Å². The standard InChI is InChI=1S/C10H9O4P/c1-7(6-10(11)12)8-2-4-9(5-3-8)14-15-13/h2-6,15H,1H3/p+1. The summed E-state index contributed by atoms with van der Waals surface area (Å²) in [6, 6.07) is 6.70. The van der Waals surface area contributed by atoms with Crippen molar-refractivity contribution in [1.29, 1.82) is 0 Å². The topological polar surface area (TPSA) is 63.6 Å². The van der Waals surface area contributed by atoms with Gasteiger partial charge >= 0.3 is 14.7 Å². The molecule has 0 fully saturated rings. The Kier molecular flexibility index (Phi) is 4.01. The van der Waals surface area contributed by atoms with E-state index < -0.39 is 14.7 Å². The number of carboxylic acids is 1. The zero-order valence-corrected chi connectivity index (χ0v) is 9.06. The van der Waals surface area contributed by atoms with E-state index in [-0.39, 0.29) is 0 Å². The number of carboxylic acid groups (broad SMARTS) is 1. The van der Waals surface area contributed by atoms with Crippen LogP contribution in [0.15, 0.2) is 30.3 Å². The molecule has 0 bridgehead atoms. The normalized spacial score (nSPS) is 11.4. The molecule has 0 aromatic heterocycles. The Hall–Kier alpha value is -1.67. The summed E-state index contributed by atoms with van der Waals surface area (Å²) in [4.78, 5) is 10.4. The molecule has 1 aromatic carbocycles. The van der Waals surface area contributed by atoms with E-state index in [0.717, 1.165) is 11.6 Å². The van der Waals surface area contributed by atoms with Gasteiger partial charge < -0.3 is 5.11 Å². The lowest BCUT2D eigenvalue weighted by Crippen LogP contribution is -1.89. The van der Waals surface area contributed by atoms with Crippen LogP contribution < -0.4 is 4.52 Å². The van der Waals surface area contributed by atoms with E-state index in [2.05, 4.69) is 0 Å². The first-order chi connectivity index (χ1) is 7.13. The molecule has 0 saturated carbocycles. The molecule has 15 heavy (non-hydrogen) atoms. The minimum atomic E-state index is -0.978. The van der Waals surface area contributed by atoms with Crippen LogP contribution in [0.2, 0.25) is 0 Å². The van der Waals surface area contributed by atoms with Crippen LogP contribution in [0.5, 0.6) is 5.75 Å². The van der Waals surface area contributed by atoms with Crippen LogP contribution >= 0.6 is 8.69 Å². The van der Waals surface area contributed by atoms with Gasteiger partial charge in [0.15, 0.2) is 5.75 Å². The second-order valence-electron chi connectivity index (χ2n) is 2.88. The summed E-state index contributed by atoms with van der Waals surface area (Å²) < 4.78 is 14.9. The van der Waals surface area contributed by atoms with Crippen molar-refractivity contribution in [3.63, 3.8) is 0 Å². The van der Waals surface area contributed by atoms with Gasteiger partial charge in [0.25, 0.3) is 0 Å². The highest BCUT2D eigenvalue weighted by Gasteiger charge is 2.01. The summed E-state index contributed by atoms with van der Waals surface area (Å²) in [6.07, 6.45) is 1.13. The number of rotatable bonds is 4. The molecule has 1 unspecified atom stereocenters. The van der Waals surface area contributed by atoms with Gasteiger partial charge in [-0.3, -0.25) is 4.52 Å². The molecule has 0 saturated heterocycles. The molecular formula is C10H10O4P+. The highest BCUT2D eigenvalue weighted by molar-refractivity contribution is 7.17. The first-order valence-electron chi connectivity index (χ1n) is 4.19. The third kappa shape index (κ3) is 3.52. The van der Waals surface area contributed by atoms with Crippen molar-refractivity contribution in [2.24, 2.45) is 0 Å². The predicted molar refractivity (Wildman–Crippen MR) is 57.4 cm³/mol. The summed E-state index contributed by atoms with van der Waals surface area (Å²) in [6.45, 7) is 1.71. The molecule has 0 amide bonds. The van der Waals surface area contributed by atoms with Gasteiger partial charge in [0.1, 0.15) is 0 Å². The van der Waals surface area contributed by atoms with E-state index in [9.17, 15) is 9.36 Å². The van der Waals surface area contributed by atoms with E-state index in [1.54, 1.807) is 31.2 Å². The van der Waals surface area contributed by atoms with Gasteiger partial charge in [-0.1, -0.05) is 12.1 Å². The Balaban J connectivity index is 2.88. The summed E-state index contributed by atoms with van der Waals surface area (Å²) in [7, 11) is -0.836. The summed E-state index contributed by atoms with van der Waals surface area (Å²) in [5.41, 5.74) is 1.44. The summed E-state index contributed by atoms with van der Waals surface area (Å²) >= 11 is 0. The zero-order valence-electron chi connectivity index (χ0n) is 8.06. The fraction of sp³-hybridized carbons (Fsp3) is 0.100. The van der Waals surface area contributed by atoms with E-state index in [1.807, 2.05) is 0 Å². The number of hydrogen-bond donors (Lipinski definition) is 1. The summed E-state index contributed by atoms with van der Waals surface area (Å²) in [5.74, 6) is -0.482. The fourth-order valence-electron chi connectivity index (χ4n) is 1.10. The smallest absolute Gasteiger partial charge is 0.478 e. The predicted octanol–water partition coefficient (Wildman–Crippen LogP) is 2.49. The second kappa shape index (κ2) is 5.27. The van der Waals surface area contributed by atoms with E-state index in [1.165, 1.54) is 0 Å². The van der Waals surface area contributed by atoms with E-state index in [4.69, 9.17) is 9.63 Å². The molecule has 5 heteroatoms. The summed E-state index contributed by atoms with van der Waals surface area (Å²) in [5, 5.41) is 8.54. The van der Waals surface area contributed by atoms with Gasteiger partial charge in [0, 0.05) is 6.08 Å². The van der Waals surface area contributed by atoms with Crippen LogP contribution in [-0.4, -0.2) is 11.1 Å². The van der Waals surface area contributed by atoms with Crippen molar-refractivity contribution in [3.05, 3.63) is 35.9 Å². The Bertz CT molecular complexity index is 394. The highest BCUT2D eigenvalue weighted by Crippen LogP contribution is 2.20. The number of benzene rings is 1. The Morgan fingerprint density at radius 1 is 1.40 bits per heavy atom. The molecule has 0 aliphatic rings. The molecule has 0 heterocycles. The van der Waals surface area contributed by atoms with Gasteiger partial charge in [-0.2, -0.15) is 0 Å². The molecule has 0 aliphatic carbocycles. The number of aliphatic carboxylic acids is 1. The van der Waals surface area contributed by atoms with Gasteiger partial charge in [-0.25, -0.2) is 4.79 Å². The molecule has 0 spiro atoms. The second-order valence-corrected chi connectivity index (χ2v) is 3.25. The lowest BCUT2D eigenvalue weighted by molar-refractivity contribution is -0.131. The van der Waals surface area contributed by atoms with Gasteiger partial charge in [-0.05, 0) is 34.8 Å². The van der Waals surface area contributed by atoms with Crippen molar-refractivity contribution >= 4 is 20.2 Å².